The van der Waals surface area contributed by atoms with Gasteiger partial charge in [0, 0.05) is 30.9 Å². The van der Waals surface area contributed by atoms with Gasteiger partial charge in [0.1, 0.15) is 23.4 Å². The van der Waals surface area contributed by atoms with Gasteiger partial charge in [-0.15, -0.1) is 0 Å². The second-order valence-electron chi connectivity index (χ2n) is 6.96. The lowest BCUT2D eigenvalue weighted by molar-refractivity contribution is 0.0258. The van der Waals surface area contributed by atoms with Crippen molar-refractivity contribution in [1.29, 1.82) is 0 Å². The number of sulfone groups is 1. The Labute approximate surface area is 170 Å². The Morgan fingerprint density at radius 3 is 2.52 bits per heavy atom. The van der Waals surface area contributed by atoms with Gasteiger partial charge < -0.3 is 14.2 Å². The lowest BCUT2D eigenvalue weighted by Gasteiger charge is -2.24. The van der Waals surface area contributed by atoms with Crippen LogP contribution in [0.15, 0.2) is 46.7 Å². The Bertz CT molecular complexity index is 964. The summed E-state index contributed by atoms with van der Waals surface area (Å²) in [5.41, 5.74) is 4.63. The molecule has 1 aliphatic heterocycles. The van der Waals surface area contributed by atoms with Gasteiger partial charge in [-0.2, -0.15) is 5.10 Å². The molecule has 0 bridgehead atoms. The van der Waals surface area contributed by atoms with Crippen molar-refractivity contribution in [3.63, 3.8) is 0 Å². The molecule has 1 saturated heterocycles. The van der Waals surface area contributed by atoms with E-state index in [4.69, 9.17) is 14.2 Å². The van der Waals surface area contributed by atoms with Crippen molar-refractivity contribution in [2.45, 2.75) is 37.8 Å². The first-order chi connectivity index (χ1) is 13.8. The van der Waals surface area contributed by atoms with E-state index in [2.05, 4.69) is 15.5 Å². The van der Waals surface area contributed by atoms with Crippen LogP contribution in [0.2, 0.25) is 0 Å². The van der Waals surface area contributed by atoms with Crippen LogP contribution in [0.4, 0.5) is 5.69 Å². The first-order valence-electron chi connectivity index (χ1n) is 9.30. The standard InChI is InChI=1S/C20H25N3O5S/c1-14(2)22-23-18-6-4-16(12-19(18)28-15-8-10-26-11-9-15)27-17-5-7-20(21-13-17)29(3,24)25/h4-7,12-13,15,23H,8-11H2,1-3H3. The number of benzene rings is 1. The molecule has 1 aromatic carbocycles. The number of aromatic nitrogens is 1. The van der Waals surface area contributed by atoms with Crippen molar-refractivity contribution in [2.75, 3.05) is 24.9 Å². The lowest BCUT2D eigenvalue weighted by atomic mass is 10.1. The van der Waals surface area contributed by atoms with E-state index >= 15 is 0 Å². The smallest absolute Gasteiger partial charge is 0.192 e. The fraction of sp³-hybridized carbons (Fsp3) is 0.400. The zero-order chi connectivity index (χ0) is 20.9. The summed E-state index contributed by atoms with van der Waals surface area (Å²) in [5.74, 6) is 1.60. The molecule has 2 aromatic rings. The van der Waals surface area contributed by atoms with Gasteiger partial charge in [0.25, 0.3) is 0 Å². The molecule has 9 heteroatoms. The van der Waals surface area contributed by atoms with Crippen LogP contribution in [-0.2, 0) is 14.6 Å². The Kier molecular flexibility index (Phi) is 6.71. The highest BCUT2D eigenvalue weighted by molar-refractivity contribution is 7.90. The zero-order valence-electron chi connectivity index (χ0n) is 16.7. The predicted octanol–water partition coefficient (Wildman–Crippen LogP) is 3.64. The van der Waals surface area contributed by atoms with Crippen LogP contribution in [0.3, 0.4) is 0 Å². The summed E-state index contributed by atoms with van der Waals surface area (Å²) < 4.78 is 40.5. The average molecular weight is 420 g/mol. The van der Waals surface area contributed by atoms with Crippen molar-refractivity contribution in [2.24, 2.45) is 5.10 Å². The quantitative estimate of drug-likeness (QED) is 0.540. The first kappa shape index (κ1) is 21.1. The van der Waals surface area contributed by atoms with Crippen LogP contribution in [0, 0.1) is 0 Å². The number of hydrogen-bond acceptors (Lipinski definition) is 8. The Morgan fingerprint density at radius 2 is 1.90 bits per heavy atom. The minimum absolute atomic E-state index is 0.000680. The van der Waals surface area contributed by atoms with Crippen LogP contribution >= 0.6 is 0 Å². The molecule has 1 aromatic heterocycles. The minimum atomic E-state index is -3.35. The average Bonchev–Trinajstić information content (AvgIpc) is 2.68. The Morgan fingerprint density at radius 1 is 1.17 bits per heavy atom. The third-order valence-electron chi connectivity index (χ3n) is 4.14. The highest BCUT2D eigenvalue weighted by Crippen LogP contribution is 2.33. The van der Waals surface area contributed by atoms with Gasteiger partial charge in [-0.1, -0.05) is 0 Å². The molecule has 0 amide bonds. The molecule has 1 aliphatic rings. The van der Waals surface area contributed by atoms with Gasteiger partial charge >= 0.3 is 0 Å². The van der Waals surface area contributed by atoms with Gasteiger partial charge in [0.2, 0.25) is 0 Å². The van der Waals surface area contributed by atoms with Crippen molar-refractivity contribution in [3.05, 3.63) is 36.5 Å². The Hall–Kier alpha value is -2.65. The summed E-state index contributed by atoms with van der Waals surface area (Å²) in [7, 11) is -3.35. The summed E-state index contributed by atoms with van der Waals surface area (Å²) in [6.45, 7) is 5.15. The highest BCUT2D eigenvalue weighted by atomic mass is 32.2. The van der Waals surface area contributed by atoms with E-state index in [0.717, 1.165) is 30.5 Å². The van der Waals surface area contributed by atoms with E-state index in [0.29, 0.717) is 30.5 Å². The molecule has 3 rings (SSSR count). The van der Waals surface area contributed by atoms with E-state index in [9.17, 15) is 8.42 Å². The van der Waals surface area contributed by atoms with Gasteiger partial charge in [-0.3, -0.25) is 5.43 Å². The zero-order valence-corrected chi connectivity index (χ0v) is 17.5. The second-order valence-corrected chi connectivity index (χ2v) is 8.93. The molecule has 156 valence electrons. The molecular formula is C20H25N3O5S. The summed E-state index contributed by atoms with van der Waals surface area (Å²) in [5, 5.41) is 4.25. The monoisotopic (exact) mass is 419 g/mol. The van der Waals surface area contributed by atoms with Crippen LogP contribution < -0.4 is 14.9 Å². The first-order valence-corrected chi connectivity index (χ1v) is 11.2. The fourth-order valence-corrected chi connectivity index (χ4v) is 3.24. The number of pyridine rings is 1. The molecule has 1 N–H and O–H groups in total. The molecule has 2 heterocycles. The molecule has 0 unspecified atom stereocenters. The van der Waals surface area contributed by atoms with E-state index in [-0.39, 0.29) is 11.1 Å². The fourth-order valence-electron chi connectivity index (χ4n) is 2.68. The van der Waals surface area contributed by atoms with Crippen LogP contribution in [0.1, 0.15) is 26.7 Å². The van der Waals surface area contributed by atoms with Crippen LogP contribution in [0.25, 0.3) is 0 Å². The van der Waals surface area contributed by atoms with E-state index in [1.54, 1.807) is 18.2 Å². The van der Waals surface area contributed by atoms with Crippen molar-refractivity contribution in [3.8, 4) is 17.2 Å². The van der Waals surface area contributed by atoms with Crippen LogP contribution in [0.5, 0.6) is 17.2 Å². The molecule has 8 nitrogen and oxygen atoms in total. The maximum Gasteiger partial charge on any atom is 0.192 e. The third-order valence-corrected chi connectivity index (χ3v) is 5.14. The number of hydrogen-bond donors (Lipinski definition) is 1. The van der Waals surface area contributed by atoms with Gasteiger partial charge in [0.05, 0.1) is 25.1 Å². The van der Waals surface area contributed by atoms with E-state index in [1.165, 1.54) is 12.3 Å². The normalized spacial score (nSPS) is 14.9. The third kappa shape index (κ3) is 6.16. The van der Waals surface area contributed by atoms with Gasteiger partial charge in [0.15, 0.2) is 14.9 Å². The van der Waals surface area contributed by atoms with Crippen molar-refractivity contribution >= 4 is 21.2 Å². The van der Waals surface area contributed by atoms with Gasteiger partial charge in [-0.25, -0.2) is 13.4 Å². The molecule has 0 saturated carbocycles. The molecule has 0 aliphatic carbocycles. The minimum Gasteiger partial charge on any atom is -0.488 e. The SMILES string of the molecule is CC(C)=NNc1ccc(Oc2ccc(S(C)(=O)=O)nc2)cc1OC1CCOCC1. The lowest BCUT2D eigenvalue weighted by Crippen LogP contribution is -2.26. The number of nitrogens with one attached hydrogen (secondary N) is 1. The van der Waals surface area contributed by atoms with Crippen molar-refractivity contribution in [1.82, 2.24) is 4.98 Å². The number of rotatable bonds is 7. The maximum absolute atomic E-state index is 11.5. The van der Waals surface area contributed by atoms with E-state index in [1.807, 2.05) is 19.9 Å². The molecule has 29 heavy (non-hydrogen) atoms. The largest absolute Gasteiger partial charge is 0.488 e. The second kappa shape index (κ2) is 9.23. The summed E-state index contributed by atoms with van der Waals surface area (Å²) in [6, 6.07) is 8.37. The maximum atomic E-state index is 11.5. The molecule has 0 radical (unpaired) electrons. The highest BCUT2D eigenvalue weighted by Gasteiger charge is 2.18. The Balaban J connectivity index is 1.81. The molecule has 0 spiro atoms. The topological polar surface area (TPSA) is 99.1 Å². The molecular weight excluding hydrogens is 394 g/mol. The molecule has 1 fully saturated rings. The van der Waals surface area contributed by atoms with Crippen molar-refractivity contribution < 1.29 is 22.6 Å². The van der Waals surface area contributed by atoms with E-state index < -0.39 is 9.84 Å². The number of ether oxygens (including phenoxy) is 3. The summed E-state index contributed by atoms with van der Waals surface area (Å²) in [4.78, 5) is 3.94. The predicted molar refractivity (Wildman–Crippen MR) is 111 cm³/mol. The number of hydrazone groups is 1. The number of anilines is 1. The van der Waals surface area contributed by atoms with Crippen LogP contribution in [-0.4, -0.2) is 44.7 Å². The summed E-state index contributed by atoms with van der Waals surface area (Å²) >= 11 is 0. The van der Waals surface area contributed by atoms with Gasteiger partial charge in [-0.05, 0) is 38.1 Å². The summed E-state index contributed by atoms with van der Waals surface area (Å²) in [6.07, 6.45) is 4.19. The number of nitrogens with zero attached hydrogens (tertiary/aromatic N) is 2. The molecule has 0 atom stereocenters.